The van der Waals surface area contributed by atoms with Crippen molar-refractivity contribution < 1.29 is 13.5 Å². The number of aryl methyl sites for hydroxylation is 2. The monoisotopic (exact) mass is 271 g/mol. The number of sulfonamides is 1. The Hall–Kier alpha value is -0.910. The Kier molecular flexibility index (Phi) is 5.31. The first kappa shape index (κ1) is 15.1. The SMILES string of the molecule is CCCCNS(=O)(=O)c1cc(CO)c(C)cc1C. The fraction of sp³-hybridized carbons (Fsp3) is 0.538. The second kappa shape index (κ2) is 6.31. The Labute approximate surface area is 109 Å². The van der Waals surface area contributed by atoms with E-state index in [0.29, 0.717) is 17.7 Å². The van der Waals surface area contributed by atoms with Gasteiger partial charge in [-0.3, -0.25) is 0 Å². The molecule has 0 spiro atoms. The summed E-state index contributed by atoms with van der Waals surface area (Å²) in [6.45, 7) is 5.93. The minimum Gasteiger partial charge on any atom is -0.392 e. The summed E-state index contributed by atoms with van der Waals surface area (Å²) in [6, 6.07) is 3.35. The zero-order chi connectivity index (χ0) is 13.8. The van der Waals surface area contributed by atoms with Crippen LogP contribution in [0.1, 0.15) is 36.5 Å². The summed E-state index contributed by atoms with van der Waals surface area (Å²) in [5.41, 5.74) is 2.26. The van der Waals surface area contributed by atoms with Gasteiger partial charge in [0.25, 0.3) is 0 Å². The van der Waals surface area contributed by atoms with Gasteiger partial charge in [-0.1, -0.05) is 19.4 Å². The maximum Gasteiger partial charge on any atom is 0.240 e. The van der Waals surface area contributed by atoms with Gasteiger partial charge in [0.2, 0.25) is 10.0 Å². The first-order valence-electron chi connectivity index (χ1n) is 6.13. The molecule has 0 amide bonds. The second-order valence-corrected chi connectivity index (χ2v) is 6.19. The second-order valence-electron chi connectivity index (χ2n) is 4.45. The van der Waals surface area contributed by atoms with Crippen LogP contribution in [0, 0.1) is 13.8 Å². The third-order valence-electron chi connectivity index (χ3n) is 2.92. The van der Waals surface area contributed by atoms with Gasteiger partial charge in [0.1, 0.15) is 0 Å². The molecular formula is C13H21NO3S. The number of hydrogen-bond acceptors (Lipinski definition) is 3. The van der Waals surface area contributed by atoms with Crippen LogP contribution < -0.4 is 4.72 Å². The maximum atomic E-state index is 12.1. The van der Waals surface area contributed by atoms with Gasteiger partial charge in [-0.05, 0) is 43.0 Å². The highest BCUT2D eigenvalue weighted by Crippen LogP contribution is 2.20. The fourth-order valence-electron chi connectivity index (χ4n) is 1.80. The maximum absolute atomic E-state index is 12.1. The molecular weight excluding hydrogens is 250 g/mol. The molecule has 1 rings (SSSR count). The molecule has 0 unspecified atom stereocenters. The van der Waals surface area contributed by atoms with E-state index in [1.165, 1.54) is 0 Å². The molecule has 18 heavy (non-hydrogen) atoms. The van der Waals surface area contributed by atoms with Crippen LogP contribution in [0.15, 0.2) is 17.0 Å². The molecule has 0 heterocycles. The summed E-state index contributed by atoms with van der Waals surface area (Å²) in [5, 5.41) is 9.20. The summed E-state index contributed by atoms with van der Waals surface area (Å²) >= 11 is 0. The minimum absolute atomic E-state index is 0.149. The van der Waals surface area contributed by atoms with Gasteiger partial charge in [0.05, 0.1) is 11.5 Å². The van der Waals surface area contributed by atoms with Crippen molar-refractivity contribution in [3.8, 4) is 0 Å². The third kappa shape index (κ3) is 3.54. The lowest BCUT2D eigenvalue weighted by molar-refractivity contribution is 0.280. The van der Waals surface area contributed by atoms with Gasteiger partial charge in [-0.2, -0.15) is 0 Å². The first-order valence-corrected chi connectivity index (χ1v) is 7.61. The van der Waals surface area contributed by atoms with E-state index in [2.05, 4.69) is 4.72 Å². The average Bonchev–Trinajstić information content (AvgIpc) is 2.29. The lowest BCUT2D eigenvalue weighted by atomic mass is 10.1. The molecule has 0 saturated heterocycles. The first-order chi connectivity index (χ1) is 8.42. The van der Waals surface area contributed by atoms with Gasteiger partial charge in [-0.25, -0.2) is 13.1 Å². The van der Waals surface area contributed by atoms with Crippen LogP contribution in [-0.4, -0.2) is 20.1 Å². The molecule has 5 heteroatoms. The Morgan fingerprint density at radius 3 is 2.44 bits per heavy atom. The standard InChI is InChI=1S/C13H21NO3S/c1-4-5-6-14-18(16,17)13-8-12(9-15)10(2)7-11(13)3/h7-8,14-15H,4-6,9H2,1-3H3. The number of hydrogen-bond donors (Lipinski definition) is 2. The molecule has 1 aromatic rings. The third-order valence-corrected chi connectivity index (χ3v) is 4.52. The topological polar surface area (TPSA) is 66.4 Å². The Bertz CT molecular complexity index is 509. The summed E-state index contributed by atoms with van der Waals surface area (Å²) in [4.78, 5) is 0.258. The summed E-state index contributed by atoms with van der Waals surface area (Å²) in [6.07, 6.45) is 1.76. The number of unbranched alkanes of at least 4 members (excludes halogenated alkanes) is 1. The minimum atomic E-state index is -3.47. The molecule has 0 radical (unpaired) electrons. The van der Waals surface area contributed by atoms with Crippen molar-refractivity contribution in [2.45, 2.75) is 45.1 Å². The lowest BCUT2D eigenvalue weighted by Gasteiger charge is -2.12. The molecule has 0 fully saturated rings. The van der Waals surface area contributed by atoms with E-state index < -0.39 is 10.0 Å². The zero-order valence-electron chi connectivity index (χ0n) is 11.2. The van der Waals surface area contributed by atoms with E-state index in [-0.39, 0.29) is 11.5 Å². The highest BCUT2D eigenvalue weighted by Gasteiger charge is 2.17. The molecule has 0 saturated carbocycles. The largest absolute Gasteiger partial charge is 0.392 e. The summed E-state index contributed by atoms with van der Waals surface area (Å²) < 4.78 is 26.8. The average molecular weight is 271 g/mol. The van der Waals surface area contributed by atoms with E-state index in [1.807, 2.05) is 13.8 Å². The Balaban J connectivity index is 3.08. The molecule has 0 aliphatic rings. The van der Waals surface area contributed by atoms with Crippen LogP contribution >= 0.6 is 0 Å². The van der Waals surface area contributed by atoms with Crippen LogP contribution in [0.4, 0.5) is 0 Å². The number of rotatable bonds is 6. The van der Waals surface area contributed by atoms with Crippen LogP contribution in [0.25, 0.3) is 0 Å². The van der Waals surface area contributed by atoms with Gasteiger partial charge in [-0.15, -0.1) is 0 Å². The smallest absolute Gasteiger partial charge is 0.240 e. The van der Waals surface area contributed by atoms with E-state index in [4.69, 9.17) is 0 Å². The normalized spacial score (nSPS) is 11.8. The van der Waals surface area contributed by atoms with Crippen molar-refractivity contribution >= 4 is 10.0 Å². The van der Waals surface area contributed by atoms with Gasteiger partial charge >= 0.3 is 0 Å². The zero-order valence-corrected chi connectivity index (χ0v) is 12.0. The highest BCUT2D eigenvalue weighted by molar-refractivity contribution is 7.89. The van der Waals surface area contributed by atoms with E-state index >= 15 is 0 Å². The lowest BCUT2D eigenvalue weighted by Crippen LogP contribution is -2.25. The van der Waals surface area contributed by atoms with Crippen molar-refractivity contribution in [1.82, 2.24) is 4.72 Å². The van der Waals surface area contributed by atoms with Crippen molar-refractivity contribution in [2.24, 2.45) is 0 Å². The van der Waals surface area contributed by atoms with Crippen molar-refractivity contribution in [3.05, 3.63) is 28.8 Å². The van der Waals surface area contributed by atoms with Gasteiger partial charge < -0.3 is 5.11 Å². The van der Waals surface area contributed by atoms with Crippen molar-refractivity contribution in [3.63, 3.8) is 0 Å². The van der Waals surface area contributed by atoms with Crippen LogP contribution in [0.3, 0.4) is 0 Å². The van der Waals surface area contributed by atoms with Crippen LogP contribution in [0.5, 0.6) is 0 Å². The highest BCUT2D eigenvalue weighted by atomic mass is 32.2. The molecule has 0 atom stereocenters. The molecule has 2 N–H and O–H groups in total. The van der Waals surface area contributed by atoms with E-state index in [1.54, 1.807) is 19.1 Å². The molecule has 4 nitrogen and oxygen atoms in total. The Morgan fingerprint density at radius 2 is 1.89 bits per heavy atom. The van der Waals surface area contributed by atoms with Crippen molar-refractivity contribution in [1.29, 1.82) is 0 Å². The molecule has 0 bridgehead atoms. The number of aliphatic hydroxyl groups is 1. The number of nitrogens with one attached hydrogen (secondary N) is 1. The molecule has 0 aliphatic heterocycles. The number of aliphatic hydroxyl groups excluding tert-OH is 1. The van der Waals surface area contributed by atoms with Gasteiger partial charge in [0.15, 0.2) is 0 Å². The quantitative estimate of drug-likeness (QED) is 0.776. The summed E-state index contributed by atoms with van der Waals surface area (Å²) in [7, 11) is -3.47. The van der Waals surface area contributed by atoms with Crippen LogP contribution in [-0.2, 0) is 16.6 Å². The molecule has 102 valence electrons. The predicted molar refractivity (Wildman–Crippen MR) is 71.9 cm³/mol. The fourth-order valence-corrected chi connectivity index (χ4v) is 3.14. The van der Waals surface area contributed by atoms with Gasteiger partial charge in [0, 0.05) is 6.54 Å². The molecule has 0 aromatic heterocycles. The molecule has 0 aliphatic carbocycles. The van der Waals surface area contributed by atoms with E-state index in [0.717, 1.165) is 18.4 Å². The summed E-state index contributed by atoms with van der Waals surface area (Å²) in [5.74, 6) is 0. The number of benzene rings is 1. The molecule has 1 aromatic carbocycles. The van der Waals surface area contributed by atoms with E-state index in [9.17, 15) is 13.5 Å². The van der Waals surface area contributed by atoms with Crippen molar-refractivity contribution in [2.75, 3.05) is 6.54 Å². The Morgan fingerprint density at radius 1 is 1.22 bits per heavy atom. The predicted octanol–water partition coefficient (Wildman–Crippen LogP) is 1.87. The van der Waals surface area contributed by atoms with Crippen LogP contribution in [0.2, 0.25) is 0 Å².